The highest BCUT2D eigenvalue weighted by atomic mass is 32.1. The summed E-state index contributed by atoms with van der Waals surface area (Å²) in [6.45, 7) is 25.3. The molecule has 97 heavy (non-hydrogen) atoms. The van der Waals surface area contributed by atoms with Crippen LogP contribution >= 0.6 is 76.7 Å². The van der Waals surface area contributed by atoms with Gasteiger partial charge >= 0.3 is 24.4 Å². The summed E-state index contributed by atoms with van der Waals surface area (Å²) < 4.78 is 22.5. The molecule has 0 unspecified atom stereocenters. The fourth-order valence-electron chi connectivity index (χ4n) is 12.1. The number of H-pyrrole nitrogens is 4. The highest BCUT2D eigenvalue weighted by Gasteiger charge is 2.39. The molecule has 528 valence electrons. The van der Waals surface area contributed by atoms with Crippen LogP contribution in [0.15, 0.2) is 85.2 Å². The van der Waals surface area contributed by atoms with E-state index in [1.54, 1.807) is 42.3 Å². The average molecular weight is 1440 g/mol. The number of hydrogen-bond acceptors (Lipinski definition) is 14. The summed E-state index contributed by atoms with van der Waals surface area (Å²) in [5, 5.41) is 0. The minimum atomic E-state index is -0.532. The van der Waals surface area contributed by atoms with Crippen molar-refractivity contribution in [3.05, 3.63) is 129 Å². The minimum absolute atomic E-state index is 0. The Balaban J connectivity index is 0.000000291. The molecule has 6 aromatic heterocycles. The van der Waals surface area contributed by atoms with Crippen molar-refractivity contribution in [3.8, 4) is 21.1 Å². The molecule has 4 aliphatic rings. The molecule has 0 saturated carbocycles. The first kappa shape index (κ1) is 79.1. The van der Waals surface area contributed by atoms with Crippen molar-refractivity contribution < 1.29 is 38.1 Å². The second-order valence-electron chi connectivity index (χ2n) is 28.3. The van der Waals surface area contributed by atoms with E-state index in [1.807, 2.05) is 108 Å². The topological polar surface area (TPSA) is 233 Å². The number of thiophene rings is 2. The third-order valence-corrected chi connectivity index (χ3v) is 18.3. The molecular formula is C71H100N12O8S6. The Bertz CT molecular complexity index is 3750. The van der Waals surface area contributed by atoms with E-state index in [-0.39, 0.29) is 110 Å². The van der Waals surface area contributed by atoms with Gasteiger partial charge in [0.15, 0.2) is 0 Å². The maximum absolute atomic E-state index is 12.8. The lowest BCUT2D eigenvalue weighted by Gasteiger charge is -2.27. The fraction of sp³-hybridized carbons (Fsp3) is 0.493. The van der Waals surface area contributed by atoms with Gasteiger partial charge in [-0.15, -0.1) is 22.7 Å². The van der Waals surface area contributed by atoms with Gasteiger partial charge in [0.1, 0.15) is 45.7 Å². The van der Waals surface area contributed by atoms with Gasteiger partial charge in [-0.25, -0.2) is 39.1 Å². The summed E-state index contributed by atoms with van der Waals surface area (Å²) in [7, 11) is 0. The molecule has 0 aliphatic carbocycles. The largest absolute Gasteiger partial charge is 0.444 e. The molecular weight excluding hydrogens is 1340 g/mol. The van der Waals surface area contributed by atoms with Crippen LogP contribution in [-0.4, -0.2) is 132 Å². The van der Waals surface area contributed by atoms with Crippen molar-refractivity contribution in [2.24, 2.45) is 0 Å². The van der Waals surface area contributed by atoms with Gasteiger partial charge in [0.25, 0.3) is 0 Å². The van der Waals surface area contributed by atoms with Crippen LogP contribution in [0.4, 0.5) is 19.2 Å². The molecule has 0 bridgehead atoms. The zero-order chi connectivity index (χ0) is 65.3. The highest BCUT2D eigenvalue weighted by molar-refractivity contribution is 7.59. The molecule has 8 aromatic rings. The molecule has 4 N–H and O–H groups in total. The van der Waals surface area contributed by atoms with Gasteiger partial charge in [0.05, 0.1) is 79.8 Å². The number of hydrogen-bond donors (Lipinski definition) is 4. The third-order valence-electron chi connectivity index (χ3n) is 16.2. The Morgan fingerprint density at radius 2 is 0.763 bits per heavy atom. The number of rotatable bonds is 12. The second-order valence-corrected chi connectivity index (χ2v) is 30.5. The normalized spacial score (nSPS) is 18.1. The highest BCUT2D eigenvalue weighted by Crippen LogP contribution is 2.39. The molecule has 26 heteroatoms. The van der Waals surface area contributed by atoms with Crippen LogP contribution in [0.1, 0.15) is 210 Å². The van der Waals surface area contributed by atoms with Crippen LogP contribution in [0.3, 0.4) is 0 Å². The van der Waals surface area contributed by atoms with Gasteiger partial charge in [-0.3, -0.25) is 19.6 Å². The van der Waals surface area contributed by atoms with E-state index in [9.17, 15) is 19.2 Å². The zero-order valence-corrected chi connectivity index (χ0v) is 62.7. The number of benzene rings is 2. The van der Waals surface area contributed by atoms with E-state index in [4.69, 9.17) is 28.9 Å². The molecule has 10 heterocycles. The van der Waals surface area contributed by atoms with Gasteiger partial charge in [0.2, 0.25) is 0 Å². The Morgan fingerprint density at radius 1 is 0.454 bits per heavy atom. The Hall–Kier alpha value is -6.84. The Morgan fingerprint density at radius 3 is 1.07 bits per heavy atom. The molecule has 4 amide bonds. The van der Waals surface area contributed by atoms with Crippen molar-refractivity contribution in [1.29, 1.82) is 0 Å². The average Bonchev–Trinajstić information content (AvgIpc) is 1.65. The van der Waals surface area contributed by atoms with E-state index in [2.05, 4.69) is 103 Å². The summed E-state index contributed by atoms with van der Waals surface area (Å²) in [4.78, 5) is 95.5. The van der Waals surface area contributed by atoms with Crippen molar-refractivity contribution >= 4 is 135 Å². The molecule has 4 atom stereocenters. The second kappa shape index (κ2) is 32.9. The van der Waals surface area contributed by atoms with E-state index in [0.29, 0.717) is 26.2 Å². The van der Waals surface area contributed by atoms with Crippen LogP contribution in [0.25, 0.3) is 55.4 Å². The molecule has 4 saturated heterocycles. The molecule has 2 aromatic carbocycles. The van der Waals surface area contributed by atoms with Crippen molar-refractivity contribution in [3.63, 3.8) is 0 Å². The zero-order valence-electron chi connectivity index (χ0n) is 57.1. The summed E-state index contributed by atoms with van der Waals surface area (Å²) >= 11 is 3.39. The lowest BCUT2D eigenvalue weighted by molar-refractivity contribution is 0.0208. The SMILES string of the molecule is C.CC(C)(C)OC(=O)N1CCC[C@H]1c1ncc(-c2ccc(C=CCc3ccc4nc([C@@H]5CCCN5C(=O)OC(C)(C)C)[nH]c4c3)s2)[nH]1.CC(C)(C)OC(=O)N1CCC[C@H]1c1ncc(-c2ccc(C=CCc3ccc4nc([C@@H]5CCCN5C(=O)OC(C)(C)C)[nH]c4c3)s2)[nH]1.S.S.S.S. The number of carbonyl (C=O) groups excluding carboxylic acids is 4. The Kier molecular flexibility index (Phi) is 26.8. The molecule has 0 radical (unpaired) electrons. The molecule has 12 rings (SSSR count). The minimum Gasteiger partial charge on any atom is -0.444 e. The number of fused-ring (bicyclic) bond motifs is 2. The number of carbonyl (C=O) groups is 4. The van der Waals surface area contributed by atoms with E-state index < -0.39 is 22.4 Å². The molecule has 20 nitrogen and oxygen atoms in total. The number of likely N-dealkylation sites (tertiary alicyclic amines) is 4. The van der Waals surface area contributed by atoms with E-state index >= 15 is 0 Å². The maximum atomic E-state index is 12.8. The molecule has 4 aliphatic heterocycles. The number of nitrogens with one attached hydrogen (secondary N) is 4. The number of nitrogens with zero attached hydrogens (tertiary/aromatic N) is 8. The first-order chi connectivity index (χ1) is 43.7. The fourth-order valence-corrected chi connectivity index (χ4v) is 13.9. The number of aromatic amines is 4. The van der Waals surface area contributed by atoms with Crippen LogP contribution in [0, 0.1) is 0 Å². The standard InChI is InChI=1S/2C35H44N6O4S.CH4.4H2S/c2*1-34(2,3)44-32(42)40-18-8-12-27(40)30-36-21-26(39-30)29-17-15-23(46-29)11-7-10-22-14-16-24-25(20-22)38-31(37-24)28-13-9-19-41(28)33(43)45-35(4,5)6;;;;;/h2*7,11,14-17,20-21,27-28H,8-10,12-13,18-19H2,1-6H3,(H,36,39)(H,37,38);1H4;4*1H2/t2*27-,28-;;;;;/m00...../s1. The quantitative estimate of drug-likeness (QED) is 0.0837. The number of aromatic nitrogens is 8. The molecule has 4 fully saturated rings. The summed E-state index contributed by atoms with van der Waals surface area (Å²) in [5.41, 5.74) is 5.86. The van der Waals surface area contributed by atoms with Crippen molar-refractivity contribution in [2.45, 2.75) is 201 Å². The lowest BCUT2D eigenvalue weighted by Crippen LogP contribution is -2.36. The summed E-state index contributed by atoms with van der Waals surface area (Å²) in [5.74, 6) is 3.22. The first-order valence-electron chi connectivity index (χ1n) is 32.2. The van der Waals surface area contributed by atoms with Crippen molar-refractivity contribution in [2.75, 3.05) is 26.2 Å². The van der Waals surface area contributed by atoms with Crippen LogP contribution in [-0.2, 0) is 31.8 Å². The van der Waals surface area contributed by atoms with Crippen LogP contribution in [0.2, 0.25) is 0 Å². The lowest BCUT2D eigenvalue weighted by atomic mass is 10.1. The summed E-state index contributed by atoms with van der Waals surface area (Å²) in [6.07, 6.45) is 19.9. The van der Waals surface area contributed by atoms with Crippen LogP contribution in [0.5, 0.6) is 0 Å². The van der Waals surface area contributed by atoms with Gasteiger partial charge < -0.3 is 38.9 Å². The number of amides is 4. The van der Waals surface area contributed by atoms with Gasteiger partial charge in [-0.1, -0.05) is 31.7 Å². The van der Waals surface area contributed by atoms with Crippen LogP contribution < -0.4 is 0 Å². The number of ether oxygens (including phenoxy) is 4. The Labute approximate surface area is 606 Å². The predicted octanol–water partition coefficient (Wildman–Crippen LogP) is 17.9. The van der Waals surface area contributed by atoms with Gasteiger partial charge in [-0.2, -0.15) is 54.0 Å². The smallest absolute Gasteiger partial charge is 0.410 e. The van der Waals surface area contributed by atoms with Crippen molar-refractivity contribution in [1.82, 2.24) is 59.5 Å². The first-order valence-corrected chi connectivity index (χ1v) is 33.9. The third kappa shape index (κ3) is 20.2. The predicted molar refractivity (Wildman–Crippen MR) is 409 cm³/mol. The molecule has 0 spiro atoms. The van der Waals surface area contributed by atoms with E-state index in [1.165, 1.54) is 11.1 Å². The summed E-state index contributed by atoms with van der Waals surface area (Å²) in [6, 6.07) is 20.6. The monoisotopic (exact) mass is 1440 g/mol. The maximum Gasteiger partial charge on any atom is 0.410 e. The number of allylic oxidation sites excluding steroid dienone is 2. The van der Waals surface area contributed by atoms with Gasteiger partial charge in [0, 0.05) is 35.9 Å². The number of imidazole rings is 4. The van der Waals surface area contributed by atoms with E-state index in [0.717, 1.165) is 140 Å². The van der Waals surface area contributed by atoms with Gasteiger partial charge in [-0.05, 0) is 219 Å².